The molecule has 2 atom stereocenters. The Kier molecular flexibility index (Phi) is 5.88. The van der Waals surface area contributed by atoms with Crippen LogP contribution in [0.3, 0.4) is 0 Å². The number of rotatable bonds is 6. The molecule has 4 heteroatoms. The summed E-state index contributed by atoms with van der Waals surface area (Å²) in [6.07, 6.45) is 1.15. The Hall–Kier alpha value is -1.26. The standard InChI is InChI=1S/C17H28N2O2/c1-5-13(2)17(19-10-8-18-9-11-19)15-12-14(20-3)6-7-16(15)21-4/h6-7,12-13,17-18H,5,8-11H2,1-4H3/t13?,17-/m0/s1. The van der Waals surface area contributed by atoms with E-state index in [1.165, 1.54) is 5.56 Å². The molecule has 1 aliphatic heterocycles. The first-order valence-corrected chi connectivity index (χ1v) is 7.88. The van der Waals surface area contributed by atoms with Gasteiger partial charge in [-0.1, -0.05) is 20.3 Å². The van der Waals surface area contributed by atoms with E-state index in [2.05, 4.69) is 30.1 Å². The Morgan fingerprint density at radius 1 is 1.19 bits per heavy atom. The molecule has 118 valence electrons. The molecule has 0 radical (unpaired) electrons. The predicted molar refractivity (Wildman–Crippen MR) is 86.2 cm³/mol. The molecule has 0 spiro atoms. The Morgan fingerprint density at radius 3 is 2.48 bits per heavy atom. The summed E-state index contributed by atoms with van der Waals surface area (Å²) in [6, 6.07) is 6.50. The minimum Gasteiger partial charge on any atom is -0.497 e. The molecule has 1 saturated heterocycles. The largest absolute Gasteiger partial charge is 0.497 e. The fourth-order valence-electron chi connectivity index (χ4n) is 3.12. The van der Waals surface area contributed by atoms with Gasteiger partial charge in [-0.25, -0.2) is 0 Å². The number of ether oxygens (including phenoxy) is 2. The molecular weight excluding hydrogens is 264 g/mol. The summed E-state index contributed by atoms with van der Waals surface area (Å²) in [4.78, 5) is 2.57. The third-order valence-corrected chi connectivity index (χ3v) is 4.48. The van der Waals surface area contributed by atoms with Crippen molar-refractivity contribution in [3.05, 3.63) is 23.8 Å². The number of methoxy groups -OCH3 is 2. The number of nitrogens with zero attached hydrogens (tertiary/aromatic N) is 1. The Morgan fingerprint density at radius 2 is 1.90 bits per heavy atom. The van der Waals surface area contributed by atoms with Crippen LogP contribution in [0.15, 0.2) is 18.2 Å². The van der Waals surface area contributed by atoms with Gasteiger partial charge >= 0.3 is 0 Å². The summed E-state index contributed by atoms with van der Waals surface area (Å²) >= 11 is 0. The highest BCUT2D eigenvalue weighted by Gasteiger charge is 2.29. The third kappa shape index (κ3) is 3.69. The molecule has 1 unspecified atom stereocenters. The minimum atomic E-state index is 0.377. The molecule has 1 aromatic carbocycles. The normalized spacial score (nSPS) is 19.0. The second-order valence-electron chi connectivity index (χ2n) is 5.72. The van der Waals surface area contributed by atoms with Gasteiger partial charge in [0.1, 0.15) is 11.5 Å². The van der Waals surface area contributed by atoms with Gasteiger partial charge in [0, 0.05) is 37.8 Å². The van der Waals surface area contributed by atoms with Gasteiger partial charge in [0.2, 0.25) is 0 Å². The molecule has 0 bridgehead atoms. The van der Waals surface area contributed by atoms with Crippen molar-refractivity contribution in [2.75, 3.05) is 40.4 Å². The van der Waals surface area contributed by atoms with Crippen LogP contribution in [0.1, 0.15) is 31.9 Å². The zero-order chi connectivity index (χ0) is 15.2. The number of benzene rings is 1. The van der Waals surface area contributed by atoms with Gasteiger partial charge in [-0.3, -0.25) is 4.90 Å². The van der Waals surface area contributed by atoms with Crippen molar-refractivity contribution in [3.8, 4) is 11.5 Å². The van der Waals surface area contributed by atoms with Crippen molar-refractivity contribution in [2.45, 2.75) is 26.3 Å². The molecule has 21 heavy (non-hydrogen) atoms. The minimum absolute atomic E-state index is 0.377. The molecule has 0 amide bonds. The average molecular weight is 292 g/mol. The van der Waals surface area contributed by atoms with Crippen LogP contribution >= 0.6 is 0 Å². The lowest BCUT2D eigenvalue weighted by atomic mass is 9.89. The van der Waals surface area contributed by atoms with Crippen LogP contribution in [0.25, 0.3) is 0 Å². The quantitative estimate of drug-likeness (QED) is 0.874. The maximum Gasteiger partial charge on any atom is 0.123 e. The average Bonchev–Trinajstić information content (AvgIpc) is 2.55. The van der Waals surface area contributed by atoms with Gasteiger partial charge < -0.3 is 14.8 Å². The molecular formula is C17H28N2O2. The highest BCUT2D eigenvalue weighted by atomic mass is 16.5. The van der Waals surface area contributed by atoms with Gasteiger partial charge in [-0.2, -0.15) is 0 Å². The van der Waals surface area contributed by atoms with Gasteiger partial charge in [-0.15, -0.1) is 0 Å². The van der Waals surface area contributed by atoms with Crippen molar-refractivity contribution >= 4 is 0 Å². The van der Waals surface area contributed by atoms with Crippen molar-refractivity contribution in [3.63, 3.8) is 0 Å². The summed E-state index contributed by atoms with van der Waals surface area (Å²) < 4.78 is 11.0. The number of hydrogen-bond acceptors (Lipinski definition) is 4. The molecule has 0 aliphatic carbocycles. The smallest absolute Gasteiger partial charge is 0.123 e. The molecule has 0 aromatic heterocycles. The molecule has 1 heterocycles. The van der Waals surface area contributed by atoms with Crippen molar-refractivity contribution in [1.29, 1.82) is 0 Å². The first kappa shape index (κ1) is 16.1. The number of hydrogen-bond donors (Lipinski definition) is 1. The van der Waals surface area contributed by atoms with Crippen LogP contribution in [0, 0.1) is 5.92 Å². The van der Waals surface area contributed by atoms with E-state index in [1.807, 2.05) is 12.1 Å². The highest BCUT2D eigenvalue weighted by Crippen LogP contribution is 2.38. The summed E-state index contributed by atoms with van der Waals surface area (Å²) in [6.45, 7) is 8.85. The van der Waals surface area contributed by atoms with E-state index in [4.69, 9.17) is 9.47 Å². The lowest BCUT2D eigenvalue weighted by Gasteiger charge is -2.39. The molecule has 1 aromatic rings. The summed E-state index contributed by atoms with van der Waals surface area (Å²) in [5, 5.41) is 3.43. The summed E-state index contributed by atoms with van der Waals surface area (Å²) in [5.74, 6) is 2.43. The lowest BCUT2D eigenvalue weighted by Crippen LogP contribution is -2.46. The highest BCUT2D eigenvalue weighted by molar-refractivity contribution is 5.42. The maximum atomic E-state index is 5.61. The topological polar surface area (TPSA) is 33.7 Å². The van der Waals surface area contributed by atoms with E-state index >= 15 is 0 Å². The Bertz CT molecular complexity index is 444. The number of piperazine rings is 1. The van der Waals surface area contributed by atoms with Gasteiger partial charge in [0.05, 0.1) is 14.2 Å². The van der Waals surface area contributed by atoms with Crippen LogP contribution in [-0.4, -0.2) is 45.3 Å². The predicted octanol–water partition coefficient (Wildman–Crippen LogP) is 2.70. The zero-order valence-electron chi connectivity index (χ0n) is 13.7. The van der Waals surface area contributed by atoms with E-state index in [-0.39, 0.29) is 0 Å². The Labute approximate surface area is 128 Å². The number of nitrogens with one attached hydrogen (secondary N) is 1. The second kappa shape index (κ2) is 7.66. The molecule has 1 fully saturated rings. The van der Waals surface area contributed by atoms with E-state index in [9.17, 15) is 0 Å². The van der Waals surface area contributed by atoms with E-state index in [0.717, 1.165) is 44.1 Å². The summed E-state index contributed by atoms with van der Waals surface area (Å²) in [5.41, 5.74) is 1.24. The van der Waals surface area contributed by atoms with Gasteiger partial charge in [0.15, 0.2) is 0 Å². The van der Waals surface area contributed by atoms with Crippen LogP contribution in [0.5, 0.6) is 11.5 Å². The van der Waals surface area contributed by atoms with Crippen LogP contribution in [-0.2, 0) is 0 Å². The third-order valence-electron chi connectivity index (χ3n) is 4.48. The maximum absolute atomic E-state index is 5.61. The van der Waals surface area contributed by atoms with E-state index in [1.54, 1.807) is 14.2 Å². The lowest BCUT2D eigenvalue weighted by molar-refractivity contribution is 0.126. The second-order valence-corrected chi connectivity index (χ2v) is 5.72. The zero-order valence-corrected chi connectivity index (χ0v) is 13.7. The van der Waals surface area contributed by atoms with E-state index in [0.29, 0.717) is 12.0 Å². The van der Waals surface area contributed by atoms with Crippen molar-refractivity contribution in [1.82, 2.24) is 10.2 Å². The fourth-order valence-corrected chi connectivity index (χ4v) is 3.12. The first-order valence-electron chi connectivity index (χ1n) is 7.88. The molecule has 2 rings (SSSR count). The van der Waals surface area contributed by atoms with Crippen LogP contribution < -0.4 is 14.8 Å². The van der Waals surface area contributed by atoms with E-state index < -0.39 is 0 Å². The van der Waals surface area contributed by atoms with Crippen LogP contribution in [0.4, 0.5) is 0 Å². The van der Waals surface area contributed by atoms with Crippen molar-refractivity contribution < 1.29 is 9.47 Å². The van der Waals surface area contributed by atoms with Gasteiger partial charge in [-0.05, 0) is 24.1 Å². The monoisotopic (exact) mass is 292 g/mol. The molecule has 1 aliphatic rings. The van der Waals surface area contributed by atoms with Gasteiger partial charge in [0.25, 0.3) is 0 Å². The Balaban J connectivity index is 2.38. The summed E-state index contributed by atoms with van der Waals surface area (Å²) in [7, 11) is 3.46. The SMILES string of the molecule is CCC(C)[C@@H](c1cc(OC)ccc1OC)N1CCNCC1. The van der Waals surface area contributed by atoms with Crippen LogP contribution in [0.2, 0.25) is 0 Å². The molecule has 0 saturated carbocycles. The molecule has 1 N–H and O–H groups in total. The fraction of sp³-hybridized carbons (Fsp3) is 0.647. The first-order chi connectivity index (χ1) is 10.2. The molecule has 4 nitrogen and oxygen atoms in total. The van der Waals surface area contributed by atoms with Crippen molar-refractivity contribution in [2.24, 2.45) is 5.92 Å².